The molecule has 0 saturated heterocycles. The van der Waals surface area contributed by atoms with Crippen LogP contribution >= 0.6 is 15.9 Å². The molecular formula is C13H9BrN2O4. The van der Waals surface area contributed by atoms with Gasteiger partial charge in [0, 0.05) is 22.4 Å². The number of nitrogens with one attached hydrogen (secondary N) is 2. The van der Waals surface area contributed by atoms with E-state index in [1.807, 2.05) is 0 Å². The summed E-state index contributed by atoms with van der Waals surface area (Å²) in [5, 5.41) is 11.5. The minimum Gasteiger partial charge on any atom is -0.478 e. The van der Waals surface area contributed by atoms with Crippen molar-refractivity contribution in [3.8, 4) is 0 Å². The molecule has 2 rings (SSSR count). The molecule has 20 heavy (non-hydrogen) atoms. The number of aromatic amines is 1. The summed E-state index contributed by atoms with van der Waals surface area (Å²) in [6.07, 6.45) is 1.29. The molecule has 0 bridgehead atoms. The Morgan fingerprint density at radius 1 is 1.15 bits per heavy atom. The summed E-state index contributed by atoms with van der Waals surface area (Å²) in [6.45, 7) is 0. The molecule has 1 heterocycles. The van der Waals surface area contributed by atoms with Crippen molar-refractivity contribution in [1.29, 1.82) is 0 Å². The maximum absolute atomic E-state index is 11.9. The van der Waals surface area contributed by atoms with Crippen molar-refractivity contribution in [2.75, 3.05) is 5.32 Å². The first-order valence-corrected chi connectivity index (χ1v) is 6.29. The molecule has 0 radical (unpaired) electrons. The monoisotopic (exact) mass is 336 g/mol. The smallest absolute Gasteiger partial charge is 0.335 e. The zero-order chi connectivity index (χ0) is 14.7. The van der Waals surface area contributed by atoms with E-state index in [-0.39, 0.29) is 16.7 Å². The Balaban J connectivity index is 2.25. The topological polar surface area (TPSA) is 99.3 Å². The van der Waals surface area contributed by atoms with Gasteiger partial charge in [-0.15, -0.1) is 0 Å². The van der Waals surface area contributed by atoms with Crippen molar-refractivity contribution in [3.05, 3.63) is 62.5 Å². The van der Waals surface area contributed by atoms with E-state index in [4.69, 9.17) is 5.11 Å². The number of aromatic carboxylic acids is 1. The SMILES string of the molecule is O=C(O)c1cc(Br)cc(NC(=O)c2ccc(=O)[nH]c2)c1. The highest BCUT2D eigenvalue weighted by Gasteiger charge is 2.10. The molecular weight excluding hydrogens is 328 g/mol. The Labute approximate surface area is 121 Å². The van der Waals surface area contributed by atoms with E-state index in [1.165, 1.54) is 30.5 Å². The highest BCUT2D eigenvalue weighted by molar-refractivity contribution is 9.10. The lowest BCUT2D eigenvalue weighted by molar-refractivity contribution is 0.0696. The Kier molecular flexibility index (Phi) is 3.99. The highest BCUT2D eigenvalue weighted by atomic mass is 79.9. The number of anilines is 1. The molecule has 7 heteroatoms. The summed E-state index contributed by atoms with van der Waals surface area (Å²) in [4.78, 5) is 36.1. The van der Waals surface area contributed by atoms with Crippen LogP contribution in [-0.4, -0.2) is 22.0 Å². The van der Waals surface area contributed by atoms with Crippen LogP contribution in [0, 0.1) is 0 Å². The standard InChI is InChI=1S/C13H9BrN2O4/c14-9-3-8(13(19)20)4-10(5-9)16-12(18)7-1-2-11(17)15-6-7/h1-6H,(H,15,17)(H,16,18)(H,19,20). The number of pyridine rings is 1. The number of benzene rings is 1. The quantitative estimate of drug-likeness (QED) is 0.798. The number of rotatable bonds is 3. The van der Waals surface area contributed by atoms with E-state index < -0.39 is 11.9 Å². The number of aromatic nitrogens is 1. The molecule has 0 aliphatic carbocycles. The molecule has 1 aromatic heterocycles. The van der Waals surface area contributed by atoms with Crippen LogP contribution in [0.1, 0.15) is 20.7 Å². The predicted molar refractivity (Wildman–Crippen MR) is 76.1 cm³/mol. The fraction of sp³-hybridized carbons (Fsp3) is 0. The van der Waals surface area contributed by atoms with Gasteiger partial charge >= 0.3 is 5.97 Å². The average Bonchev–Trinajstić information content (AvgIpc) is 2.38. The van der Waals surface area contributed by atoms with Gasteiger partial charge in [0.2, 0.25) is 5.56 Å². The Hall–Kier alpha value is -2.41. The number of carbonyl (C=O) groups is 2. The lowest BCUT2D eigenvalue weighted by Crippen LogP contribution is -2.15. The molecule has 0 aliphatic rings. The second-order valence-corrected chi connectivity index (χ2v) is 4.85. The first-order chi connectivity index (χ1) is 9.45. The van der Waals surface area contributed by atoms with E-state index in [0.29, 0.717) is 10.2 Å². The molecule has 1 aromatic carbocycles. The number of hydrogen-bond donors (Lipinski definition) is 3. The zero-order valence-electron chi connectivity index (χ0n) is 10.0. The summed E-state index contributed by atoms with van der Waals surface area (Å²) >= 11 is 3.17. The minimum atomic E-state index is -1.09. The molecule has 3 N–H and O–H groups in total. The van der Waals surface area contributed by atoms with E-state index in [1.54, 1.807) is 6.07 Å². The highest BCUT2D eigenvalue weighted by Crippen LogP contribution is 2.20. The molecule has 6 nitrogen and oxygen atoms in total. The van der Waals surface area contributed by atoms with Crippen molar-refractivity contribution in [2.24, 2.45) is 0 Å². The third-order valence-corrected chi connectivity index (χ3v) is 2.91. The van der Waals surface area contributed by atoms with Gasteiger partial charge in [-0.05, 0) is 24.3 Å². The Morgan fingerprint density at radius 2 is 1.90 bits per heavy atom. The van der Waals surface area contributed by atoms with Crippen LogP contribution in [-0.2, 0) is 0 Å². The normalized spacial score (nSPS) is 10.1. The predicted octanol–water partition coefficient (Wildman–Crippen LogP) is 2.09. The summed E-state index contributed by atoms with van der Waals surface area (Å²) < 4.78 is 0.536. The van der Waals surface area contributed by atoms with Crippen LogP contribution in [0.4, 0.5) is 5.69 Å². The molecule has 0 saturated carbocycles. The van der Waals surface area contributed by atoms with Crippen LogP contribution in [0.3, 0.4) is 0 Å². The zero-order valence-corrected chi connectivity index (χ0v) is 11.6. The van der Waals surface area contributed by atoms with E-state index in [0.717, 1.165) is 0 Å². The number of hydrogen-bond acceptors (Lipinski definition) is 3. The minimum absolute atomic E-state index is 0.0520. The lowest BCUT2D eigenvalue weighted by Gasteiger charge is -2.07. The lowest BCUT2D eigenvalue weighted by atomic mass is 10.2. The molecule has 0 unspecified atom stereocenters. The Bertz CT molecular complexity index is 719. The van der Waals surface area contributed by atoms with Gasteiger partial charge in [-0.25, -0.2) is 4.79 Å². The van der Waals surface area contributed by atoms with Crippen LogP contribution in [0.5, 0.6) is 0 Å². The summed E-state index contributed by atoms with van der Waals surface area (Å²) in [5.41, 5.74) is 0.350. The maximum atomic E-state index is 11.9. The van der Waals surface area contributed by atoms with Crippen molar-refractivity contribution in [1.82, 2.24) is 4.98 Å². The summed E-state index contributed by atoms with van der Waals surface area (Å²) in [6, 6.07) is 6.97. The van der Waals surface area contributed by atoms with Gasteiger partial charge in [0.05, 0.1) is 11.1 Å². The van der Waals surface area contributed by atoms with Crippen LogP contribution in [0.15, 0.2) is 45.8 Å². The van der Waals surface area contributed by atoms with Crippen molar-refractivity contribution >= 4 is 33.5 Å². The summed E-state index contributed by atoms with van der Waals surface area (Å²) in [5.74, 6) is -1.54. The van der Waals surface area contributed by atoms with Crippen molar-refractivity contribution in [3.63, 3.8) is 0 Å². The fourth-order valence-corrected chi connectivity index (χ4v) is 2.03. The average molecular weight is 337 g/mol. The molecule has 0 spiro atoms. The molecule has 2 aromatic rings. The molecule has 1 amide bonds. The van der Waals surface area contributed by atoms with Gasteiger partial charge in [0.25, 0.3) is 5.91 Å². The molecule has 0 fully saturated rings. The number of amides is 1. The van der Waals surface area contributed by atoms with Gasteiger partial charge in [-0.2, -0.15) is 0 Å². The van der Waals surface area contributed by atoms with Crippen LogP contribution < -0.4 is 10.9 Å². The number of carboxylic acid groups (broad SMARTS) is 1. The molecule has 0 aliphatic heterocycles. The van der Waals surface area contributed by atoms with Gasteiger partial charge in [-0.3, -0.25) is 9.59 Å². The number of carbonyl (C=O) groups excluding carboxylic acids is 1. The van der Waals surface area contributed by atoms with Gasteiger partial charge in [-0.1, -0.05) is 15.9 Å². The number of H-pyrrole nitrogens is 1. The van der Waals surface area contributed by atoms with E-state index in [9.17, 15) is 14.4 Å². The van der Waals surface area contributed by atoms with E-state index >= 15 is 0 Å². The second kappa shape index (κ2) is 5.70. The number of carboxylic acids is 1. The maximum Gasteiger partial charge on any atom is 0.335 e. The summed E-state index contributed by atoms with van der Waals surface area (Å²) in [7, 11) is 0. The third-order valence-electron chi connectivity index (χ3n) is 2.45. The fourth-order valence-electron chi connectivity index (χ4n) is 1.54. The van der Waals surface area contributed by atoms with Crippen LogP contribution in [0.2, 0.25) is 0 Å². The molecule has 102 valence electrons. The van der Waals surface area contributed by atoms with Gasteiger partial charge in [0.15, 0.2) is 0 Å². The second-order valence-electron chi connectivity index (χ2n) is 3.93. The number of halogens is 1. The van der Waals surface area contributed by atoms with Gasteiger partial charge < -0.3 is 15.4 Å². The first kappa shape index (κ1) is 14.0. The van der Waals surface area contributed by atoms with E-state index in [2.05, 4.69) is 26.2 Å². The first-order valence-electron chi connectivity index (χ1n) is 5.50. The largest absolute Gasteiger partial charge is 0.478 e. The third kappa shape index (κ3) is 3.33. The van der Waals surface area contributed by atoms with Crippen molar-refractivity contribution in [2.45, 2.75) is 0 Å². The molecule has 0 atom stereocenters. The van der Waals surface area contributed by atoms with Gasteiger partial charge in [0.1, 0.15) is 0 Å². The Morgan fingerprint density at radius 3 is 2.50 bits per heavy atom. The van der Waals surface area contributed by atoms with Crippen molar-refractivity contribution < 1.29 is 14.7 Å². The van der Waals surface area contributed by atoms with Crippen LogP contribution in [0.25, 0.3) is 0 Å².